The summed E-state index contributed by atoms with van der Waals surface area (Å²) in [4.78, 5) is 2.55. The molecule has 0 aromatic heterocycles. The zero-order chi connectivity index (χ0) is 17.3. The van der Waals surface area contributed by atoms with Gasteiger partial charge in [-0.15, -0.1) is 0 Å². The standard InChI is InChI=1S/C21H41NO/c1-6-8-10-11-12-13-14-15-17-22(16-9-7-2)18-19-23-21(5)20(3)4/h3,5-19H2,1-2,4H3. The first kappa shape index (κ1) is 22.2. The molecule has 0 spiro atoms. The van der Waals surface area contributed by atoms with Crippen LogP contribution < -0.4 is 0 Å². The Morgan fingerprint density at radius 3 is 1.83 bits per heavy atom. The molecule has 0 atom stereocenters. The number of ether oxygens (including phenoxy) is 1. The first-order valence-corrected chi connectivity index (χ1v) is 9.81. The molecule has 0 saturated heterocycles. The molecule has 0 aliphatic carbocycles. The lowest BCUT2D eigenvalue weighted by atomic mass is 10.1. The zero-order valence-corrected chi connectivity index (χ0v) is 16.2. The highest BCUT2D eigenvalue weighted by atomic mass is 16.5. The van der Waals surface area contributed by atoms with Gasteiger partial charge in [0.1, 0.15) is 12.4 Å². The summed E-state index contributed by atoms with van der Waals surface area (Å²) < 4.78 is 5.66. The van der Waals surface area contributed by atoms with E-state index in [1.807, 2.05) is 6.92 Å². The molecule has 0 aromatic carbocycles. The Labute approximate surface area is 146 Å². The highest BCUT2D eigenvalue weighted by Gasteiger charge is 2.05. The van der Waals surface area contributed by atoms with Crippen LogP contribution in [-0.4, -0.2) is 31.1 Å². The Hall–Kier alpha value is -0.760. The maximum atomic E-state index is 5.66. The summed E-state index contributed by atoms with van der Waals surface area (Å²) >= 11 is 0. The van der Waals surface area contributed by atoms with E-state index in [1.54, 1.807) is 0 Å². The predicted molar refractivity (Wildman–Crippen MR) is 104 cm³/mol. The van der Waals surface area contributed by atoms with Crippen LogP contribution in [0.3, 0.4) is 0 Å². The molecule has 0 amide bonds. The van der Waals surface area contributed by atoms with Gasteiger partial charge in [-0.3, -0.25) is 4.90 Å². The Morgan fingerprint density at radius 1 is 0.739 bits per heavy atom. The van der Waals surface area contributed by atoms with Crippen molar-refractivity contribution in [1.82, 2.24) is 4.90 Å². The number of hydrogen-bond donors (Lipinski definition) is 0. The summed E-state index contributed by atoms with van der Waals surface area (Å²) in [6.45, 7) is 18.4. The maximum Gasteiger partial charge on any atom is 0.114 e. The van der Waals surface area contributed by atoms with Gasteiger partial charge in [-0.2, -0.15) is 0 Å². The lowest BCUT2D eigenvalue weighted by Crippen LogP contribution is -2.29. The number of unbranched alkanes of at least 4 members (excludes halogenated alkanes) is 8. The van der Waals surface area contributed by atoms with Crippen molar-refractivity contribution in [2.45, 2.75) is 85.0 Å². The van der Waals surface area contributed by atoms with Crippen molar-refractivity contribution in [1.29, 1.82) is 0 Å². The van der Waals surface area contributed by atoms with Crippen molar-refractivity contribution in [3.63, 3.8) is 0 Å². The quantitative estimate of drug-likeness (QED) is 0.176. The number of allylic oxidation sites excluding steroid dienone is 1. The molecule has 2 heteroatoms. The predicted octanol–water partition coefficient (Wildman–Crippen LogP) is 6.34. The SMILES string of the molecule is C=C(C)C(=C)OCCN(CCCC)CCCCCCCCCC. The van der Waals surface area contributed by atoms with Crippen LogP contribution in [-0.2, 0) is 4.74 Å². The van der Waals surface area contributed by atoms with E-state index >= 15 is 0 Å². The van der Waals surface area contributed by atoms with E-state index in [0.29, 0.717) is 0 Å². The molecule has 0 rings (SSSR count). The molecule has 0 N–H and O–H groups in total. The second kappa shape index (κ2) is 16.1. The third-order valence-corrected chi connectivity index (χ3v) is 4.32. The maximum absolute atomic E-state index is 5.66. The summed E-state index contributed by atoms with van der Waals surface area (Å²) in [6.07, 6.45) is 13.6. The topological polar surface area (TPSA) is 12.5 Å². The normalized spacial score (nSPS) is 11.0. The molecule has 0 fully saturated rings. The van der Waals surface area contributed by atoms with E-state index in [0.717, 1.165) is 24.5 Å². The van der Waals surface area contributed by atoms with Crippen molar-refractivity contribution < 1.29 is 4.74 Å². The van der Waals surface area contributed by atoms with Gasteiger partial charge in [0.15, 0.2) is 0 Å². The smallest absolute Gasteiger partial charge is 0.114 e. The highest BCUT2D eigenvalue weighted by Crippen LogP contribution is 2.10. The van der Waals surface area contributed by atoms with Crippen LogP contribution in [0, 0.1) is 0 Å². The third-order valence-electron chi connectivity index (χ3n) is 4.32. The molecule has 0 saturated carbocycles. The van der Waals surface area contributed by atoms with Gasteiger partial charge in [-0.05, 0) is 38.4 Å². The van der Waals surface area contributed by atoms with E-state index < -0.39 is 0 Å². The summed E-state index contributed by atoms with van der Waals surface area (Å²) in [5.74, 6) is 0.729. The van der Waals surface area contributed by atoms with Gasteiger partial charge in [0, 0.05) is 6.54 Å². The molecule has 0 aromatic rings. The largest absolute Gasteiger partial charge is 0.493 e. The van der Waals surface area contributed by atoms with Crippen LogP contribution in [0.4, 0.5) is 0 Å². The zero-order valence-electron chi connectivity index (χ0n) is 16.2. The molecule has 0 heterocycles. The lowest BCUT2D eigenvalue weighted by Gasteiger charge is -2.22. The fraction of sp³-hybridized carbons (Fsp3) is 0.810. The molecule has 2 nitrogen and oxygen atoms in total. The number of rotatable bonds is 17. The van der Waals surface area contributed by atoms with Crippen molar-refractivity contribution in [2.24, 2.45) is 0 Å². The van der Waals surface area contributed by atoms with Gasteiger partial charge in [0.05, 0.1) is 0 Å². The van der Waals surface area contributed by atoms with Crippen LogP contribution in [0.15, 0.2) is 24.5 Å². The van der Waals surface area contributed by atoms with Gasteiger partial charge in [-0.1, -0.05) is 78.4 Å². The summed E-state index contributed by atoms with van der Waals surface area (Å²) in [6, 6.07) is 0. The van der Waals surface area contributed by atoms with E-state index in [1.165, 1.54) is 77.3 Å². The Balaban J connectivity index is 3.74. The Bertz CT molecular complexity index is 298. The van der Waals surface area contributed by atoms with E-state index in [-0.39, 0.29) is 0 Å². The minimum atomic E-state index is 0.729. The molecule has 0 aliphatic rings. The van der Waals surface area contributed by atoms with Crippen LogP contribution in [0.1, 0.15) is 85.0 Å². The molecular weight excluding hydrogens is 282 g/mol. The van der Waals surface area contributed by atoms with Crippen LogP contribution in [0.2, 0.25) is 0 Å². The minimum absolute atomic E-state index is 0.729. The van der Waals surface area contributed by atoms with Gasteiger partial charge >= 0.3 is 0 Å². The molecule has 0 bridgehead atoms. The average molecular weight is 324 g/mol. The molecular formula is C21H41NO. The monoisotopic (exact) mass is 323 g/mol. The fourth-order valence-corrected chi connectivity index (χ4v) is 2.61. The summed E-state index contributed by atoms with van der Waals surface area (Å²) in [5.41, 5.74) is 0.924. The van der Waals surface area contributed by atoms with Crippen LogP contribution in [0.25, 0.3) is 0 Å². The molecule has 23 heavy (non-hydrogen) atoms. The van der Waals surface area contributed by atoms with Gasteiger partial charge < -0.3 is 4.74 Å². The second-order valence-corrected chi connectivity index (χ2v) is 6.72. The van der Waals surface area contributed by atoms with Crippen LogP contribution >= 0.6 is 0 Å². The van der Waals surface area contributed by atoms with Gasteiger partial charge in [0.25, 0.3) is 0 Å². The third kappa shape index (κ3) is 14.6. The van der Waals surface area contributed by atoms with Gasteiger partial charge in [0.2, 0.25) is 0 Å². The molecule has 0 unspecified atom stereocenters. The first-order chi connectivity index (χ1) is 11.1. The molecule has 0 aliphatic heterocycles. The van der Waals surface area contributed by atoms with Crippen LogP contribution in [0.5, 0.6) is 0 Å². The van der Waals surface area contributed by atoms with Crippen molar-refractivity contribution in [3.8, 4) is 0 Å². The number of hydrogen-bond acceptors (Lipinski definition) is 2. The van der Waals surface area contributed by atoms with E-state index in [9.17, 15) is 0 Å². The lowest BCUT2D eigenvalue weighted by molar-refractivity contribution is 0.159. The molecule has 0 radical (unpaired) electrons. The first-order valence-electron chi connectivity index (χ1n) is 9.81. The van der Waals surface area contributed by atoms with Crippen molar-refractivity contribution in [2.75, 3.05) is 26.2 Å². The van der Waals surface area contributed by atoms with Crippen molar-refractivity contribution >= 4 is 0 Å². The van der Waals surface area contributed by atoms with Gasteiger partial charge in [-0.25, -0.2) is 0 Å². The Kier molecular flexibility index (Phi) is 15.6. The fourth-order valence-electron chi connectivity index (χ4n) is 2.61. The Morgan fingerprint density at radius 2 is 1.26 bits per heavy atom. The van der Waals surface area contributed by atoms with E-state index in [4.69, 9.17) is 4.74 Å². The summed E-state index contributed by atoms with van der Waals surface area (Å²) in [7, 11) is 0. The highest BCUT2D eigenvalue weighted by molar-refractivity contribution is 5.15. The van der Waals surface area contributed by atoms with E-state index in [2.05, 4.69) is 31.9 Å². The minimum Gasteiger partial charge on any atom is -0.493 e. The van der Waals surface area contributed by atoms with Crippen molar-refractivity contribution in [3.05, 3.63) is 24.5 Å². The number of nitrogens with zero attached hydrogens (tertiary/aromatic N) is 1. The second-order valence-electron chi connectivity index (χ2n) is 6.72. The molecule has 136 valence electrons. The summed E-state index contributed by atoms with van der Waals surface area (Å²) in [5, 5.41) is 0. The average Bonchev–Trinajstić information content (AvgIpc) is 2.54.